The number of fused-ring (bicyclic) bond motifs is 22. The number of aromatic carboxylic acids is 4. The quantitative estimate of drug-likeness (QED) is 0.0126. The Balaban J connectivity index is 0.0000107. The number of carbonyl (C=O) groups is 16. The minimum Gasteiger partial charge on any atom is -0.550 e. The van der Waals surface area contributed by atoms with E-state index in [0.717, 1.165) is 36.4 Å². The molecule has 6 aromatic carbocycles. The van der Waals surface area contributed by atoms with Crippen molar-refractivity contribution in [3.8, 4) is 22.3 Å². The van der Waals surface area contributed by atoms with Gasteiger partial charge in [-0.1, -0.05) is 24.3 Å². The smallest absolute Gasteiger partial charge is 0.550 e. The number of H-pyrrole nitrogens is 2. The number of aliphatic carboxylic acids is 6. The van der Waals surface area contributed by atoms with Gasteiger partial charge in [-0.25, -0.2) is 0 Å². The summed E-state index contributed by atoms with van der Waals surface area (Å²) in [5, 5.41) is 151. The third kappa shape index (κ3) is 42.7. The van der Waals surface area contributed by atoms with Crippen molar-refractivity contribution in [1.29, 1.82) is 0 Å². The second kappa shape index (κ2) is 68.3. The average Bonchev–Trinajstić information content (AvgIpc) is 1.64. The predicted molar refractivity (Wildman–Crippen MR) is 445 cm³/mol. The molecule has 0 atom stereocenters. The molecule has 20 bridgehead atoms. The Bertz CT molecular complexity index is 5280. The number of aromatic amines is 2. The first kappa shape index (κ1) is 139. The van der Waals surface area contributed by atoms with E-state index in [0.29, 0.717) is 33.4 Å². The van der Waals surface area contributed by atoms with Gasteiger partial charge in [0.15, 0.2) is 0 Å². The van der Waals surface area contributed by atoms with Crippen molar-refractivity contribution in [3.63, 3.8) is 0 Å². The summed E-state index contributed by atoms with van der Waals surface area (Å²) in [6, 6.07) is 26.0. The molecule has 44 nitrogen and oxygen atoms in total. The van der Waals surface area contributed by atoms with Crippen molar-refractivity contribution >= 4 is 95.1 Å². The molecule has 0 unspecified atom stereocenters. The van der Waals surface area contributed by atoms with E-state index in [1.165, 1.54) is 12.1 Å². The summed E-state index contributed by atoms with van der Waals surface area (Å²) in [7, 11) is 0. The minimum atomic E-state index is -1.97. The molecule has 0 fully saturated rings. The number of ether oxygens (including phenoxy) is 6. The maximum absolute atomic E-state index is 15.3. The molecule has 720 valence electrons. The third-order valence-electron chi connectivity index (χ3n) is 21.5. The maximum Gasteiger partial charge on any atom is 1.00 e. The molecule has 0 saturated heterocycles. The van der Waals surface area contributed by atoms with Gasteiger partial charge in [0.25, 0.3) is 35.4 Å². The largest absolute Gasteiger partial charge is 1.00 e. The number of hydrogen-bond donors (Lipinski definition) is 12. The zero-order chi connectivity index (χ0) is 97.9. The molecule has 12 N–H and O–H groups in total. The van der Waals surface area contributed by atoms with Gasteiger partial charge in [-0.3, -0.25) is 28.8 Å². The normalized spacial score (nSPS) is 12.9. The molecule has 0 aliphatic carbocycles. The summed E-state index contributed by atoms with van der Waals surface area (Å²) in [4.78, 5) is 220. The van der Waals surface area contributed by atoms with Gasteiger partial charge in [0.2, 0.25) is 0 Å². The SMILES string of the molecule is O=C([O-])CCOCC(COCCC(=O)[O-])(COCCC(=O)[O-])NC(=O)c1cc2cc(c1)C(=O)NCc1cc3cc(c1)-c1cc4cc(c1)CNCc1[nH]c(c(C(=O)[O-])c1C(=O)[O-])CNCc1cc(cc(c1)-c1cc(cc(c1)CNC(=O)c1cc(cc(C(=O)NC(COCCC(=O)[O-])(COCCC(=O)[O-])COCCC(=O)[O-])c1)C(=O)NC3)CNC2=O)CNCc1[nH]c(c(C(=O)[O-])c1C(=O)[O-])CNC4.[Na+].[Na+].[Na+].[Na+].[Na+].[Na+].[Na+].[Na+].[Na+].[Na+]. The Hall–Kier alpha value is -5.00. The predicted octanol–water partition coefficient (Wildman–Crippen LogP) is -39.1. The van der Waals surface area contributed by atoms with Gasteiger partial charge in [-0.2, -0.15) is 0 Å². The fourth-order valence-corrected chi connectivity index (χ4v) is 15.3. The summed E-state index contributed by atoms with van der Waals surface area (Å²) < 4.78 is 34.1. The Morgan fingerprint density at radius 2 is 0.418 bits per heavy atom. The van der Waals surface area contributed by atoms with Gasteiger partial charge >= 0.3 is 296 Å². The molecule has 11 rings (SSSR count). The average molecular weight is 2110 g/mol. The number of rotatable bonds is 38. The van der Waals surface area contributed by atoms with Crippen LogP contribution in [0.1, 0.15) is 209 Å². The molecule has 0 saturated carbocycles. The second-order valence-corrected chi connectivity index (χ2v) is 32.2. The van der Waals surface area contributed by atoms with Gasteiger partial charge in [-0.15, -0.1) is 0 Å². The van der Waals surface area contributed by atoms with Crippen LogP contribution in [0.15, 0.2) is 109 Å². The van der Waals surface area contributed by atoms with E-state index in [-0.39, 0.29) is 426 Å². The van der Waals surface area contributed by atoms with Crippen molar-refractivity contribution in [2.45, 2.75) is 128 Å². The van der Waals surface area contributed by atoms with E-state index in [4.69, 9.17) is 28.4 Å². The second-order valence-electron chi connectivity index (χ2n) is 32.2. The van der Waals surface area contributed by atoms with Crippen LogP contribution in [0.5, 0.6) is 0 Å². The Kier molecular flexibility index (Phi) is 65.0. The Morgan fingerprint density at radius 3 is 0.589 bits per heavy atom. The maximum atomic E-state index is 15.3. The summed E-state index contributed by atoms with van der Waals surface area (Å²) in [5.41, 5.74) is -6.14. The van der Waals surface area contributed by atoms with E-state index in [9.17, 15) is 99.0 Å². The number of nitrogens with one attached hydrogen (secondary N) is 12. The zero-order valence-corrected chi connectivity index (χ0v) is 103. The molecule has 0 spiro atoms. The molecule has 3 aliphatic rings. The number of amides is 6. The topological polar surface area (TPSA) is 711 Å². The molecule has 6 amide bonds. The molecule has 0 radical (unpaired) electrons. The van der Waals surface area contributed by atoms with Crippen molar-refractivity contribution < 1.29 is 452 Å². The Labute approximate surface area is 1060 Å². The first-order valence-electron chi connectivity index (χ1n) is 42.4. The molecule has 146 heavy (non-hydrogen) atoms. The van der Waals surface area contributed by atoms with Crippen LogP contribution in [-0.4, -0.2) is 195 Å². The molecule has 8 aromatic rings. The molecule has 2 aromatic heterocycles. The van der Waals surface area contributed by atoms with Gasteiger partial charge in [-0.05, 0) is 152 Å². The number of carboxylic acid groups (broad SMARTS) is 10. The standard InChI is InChI=1S/C92H100N12O32.10Na/c105-71(106)1-7-131-43-91(44-132-8-2-72(107)108,45-133-9-3-73(109)110)103-85(121)65-27-61-25-62(28-65)82(118)98-36-54-16-56-24-60(22-54)58-19-51-14-52(20-58)34-96-42-70-80(90(129)130)78(88(125)126)68(102-70)40-94-32-50-13-49(31-93-39-67-77(87(123)124)79(89(127)128)69(101-67)41-95-33-51)17-57(18-50)59-21-53(35-97-81(61)117)15-55(23-59)37-99-83(119)63-26-64(84(120)100-38-56)30-66(29-63)86(122)104-92(46-134-10-4-74(111)112,47-135-11-5-75(113)114)48-136-12-6-76(115)116;;;;;;;;;;/h13-30,93-96,101-102H,1-12,31-48H2,(H,97,117)(H,98,118)(H,99,119)(H,100,120)(H,103,121)(H,104,122)(H,105,106)(H,107,108)(H,109,110)(H,111,112)(H,113,114)(H,115,116)(H,123,124)(H,125,126)(H,127,128)(H,129,130);;;;;;;;;;/q;10*+1/p-10. The number of benzene rings is 6. The van der Waals surface area contributed by atoms with E-state index in [2.05, 4.69) is 63.1 Å². The van der Waals surface area contributed by atoms with Crippen LogP contribution in [-0.2, 0) is 136 Å². The van der Waals surface area contributed by atoms with Crippen LogP contribution in [0.2, 0.25) is 0 Å². The van der Waals surface area contributed by atoms with Crippen LogP contribution in [0.25, 0.3) is 22.3 Å². The summed E-state index contributed by atoms with van der Waals surface area (Å²) in [6.07, 6.45) is -4.07. The summed E-state index contributed by atoms with van der Waals surface area (Å²) >= 11 is 0. The van der Waals surface area contributed by atoms with Crippen molar-refractivity contribution in [1.82, 2.24) is 63.1 Å². The zero-order valence-electron chi connectivity index (χ0n) is 82.7. The Morgan fingerprint density at radius 1 is 0.240 bits per heavy atom. The van der Waals surface area contributed by atoms with Crippen LogP contribution in [0.4, 0.5) is 0 Å². The fourth-order valence-electron chi connectivity index (χ4n) is 15.3. The summed E-state index contributed by atoms with van der Waals surface area (Å²) in [6.45, 7) is -11.4. The first-order valence-corrected chi connectivity index (χ1v) is 42.4. The van der Waals surface area contributed by atoms with Gasteiger partial charge < -0.3 is 191 Å². The van der Waals surface area contributed by atoms with Crippen LogP contribution in [0.3, 0.4) is 0 Å². The molecular weight excluding hydrogens is 2010 g/mol. The van der Waals surface area contributed by atoms with Crippen LogP contribution < -0.4 is 400 Å². The number of carbonyl (C=O) groups excluding carboxylic acids is 16. The molecule has 54 heteroatoms. The molecular formula is C92H90N12Na10O32. The van der Waals surface area contributed by atoms with Crippen LogP contribution >= 0.6 is 0 Å². The minimum absolute atomic E-state index is 0. The van der Waals surface area contributed by atoms with Crippen molar-refractivity contribution in [2.75, 3.05) is 79.3 Å². The van der Waals surface area contributed by atoms with Crippen molar-refractivity contribution in [2.24, 2.45) is 0 Å². The summed E-state index contributed by atoms with van der Waals surface area (Å²) in [5.74, 6) is -22.9. The molecule has 5 heterocycles. The monoisotopic (exact) mass is 2100 g/mol. The van der Waals surface area contributed by atoms with Crippen LogP contribution in [0, 0.1) is 0 Å². The van der Waals surface area contributed by atoms with E-state index < -0.39 is 284 Å². The third-order valence-corrected chi connectivity index (χ3v) is 21.5. The number of hydrogen-bond acceptors (Lipinski definition) is 36. The van der Waals surface area contributed by atoms with E-state index >= 15 is 28.8 Å². The molecule has 3 aliphatic heterocycles. The van der Waals surface area contributed by atoms with E-state index in [1.54, 1.807) is 60.7 Å². The van der Waals surface area contributed by atoms with E-state index in [1.807, 2.05) is 0 Å². The number of carboxylic acids is 10. The van der Waals surface area contributed by atoms with Gasteiger partial charge in [0.05, 0.1) is 103 Å². The number of aromatic nitrogens is 2. The van der Waals surface area contributed by atoms with Gasteiger partial charge in [0, 0.05) is 231 Å². The first-order chi connectivity index (χ1) is 65.0. The fraction of sp³-hybridized carbons (Fsp3) is 0.348. The van der Waals surface area contributed by atoms with Gasteiger partial charge in [0.1, 0.15) is 11.1 Å². The van der Waals surface area contributed by atoms with Crippen molar-refractivity contribution in [3.05, 3.63) is 232 Å².